The van der Waals surface area contributed by atoms with E-state index in [0.29, 0.717) is 12.8 Å². The predicted molar refractivity (Wildman–Crippen MR) is 186 cm³/mol. The number of hydrogen-bond donors (Lipinski definition) is 1. The molecule has 2 atom stereocenters. The molecule has 0 aliphatic rings. The Kier molecular flexibility index (Phi) is 12.5. The van der Waals surface area contributed by atoms with Crippen molar-refractivity contribution in [3.8, 4) is 5.75 Å². The molecule has 2 aromatic carbocycles. The normalized spacial score (nSPS) is 15.1. The van der Waals surface area contributed by atoms with E-state index in [1.54, 1.807) is 13.8 Å². The number of unbranched alkanes of at least 4 members (excludes halogenated alkanes) is 1. The van der Waals surface area contributed by atoms with E-state index in [1.807, 2.05) is 79.7 Å². The van der Waals surface area contributed by atoms with Gasteiger partial charge in [-0.3, -0.25) is 9.59 Å². The number of hydrogen-bond acceptors (Lipinski definition) is 4. The van der Waals surface area contributed by atoms with Crippen molar-refractivity contribution in [2.24, 2.45) is 16.2 Å². The van der Waals surface area contributed by atoms with Gasteiger partial charge in [0.2, 0.25) is 0 Å². The Morgan fingerprint density at radius 3 is 1.77 bits per heavy atom. The summed E-state index contributed by atoms with van der Waals surface area (Å²) in [7, 11) is 0. The van der Waals surface area contributed by atoms with Crippen molar-refractivity contribution in [1.29, 1.82) is 0 Å². The molecule has 0 saturated heterocycles. The number of rotatable bonds is 16. The van der Waals surface area contributed by atoms with Gasteiger partial charge in [-0.15, -0.1) is 0 Å². The Labute approximate surface area is 274 Å². The summed E-state index contributed by atoms with van der Waals surface area (Å²) < 4.78 is 12.5. The second-order valence-corrected chi connectivity index (χ2v) is 16.3. The number of carboxylic acid groups (broad SMARTS) is 1. The fourth-order valence-electron chi connectivity index (χ4n) is 5.60. The van der Waals surface area contributed by atoms with Crippen LogP contribution in [0.3, 0.4) is 0 Å². The van der Waals surface area contributed by atoms with E-state index in [2.05, 4.69) is 59.3 Å². The van der Waals surface area contributed by atoms with Crippen LogP contribution in [0, 0.1) is 16.2 Å². The van der Waals surface area contributed by atoms with Gasteiger partial charge >= 0.3 is 11.9 Å². The molecule has 0 bridgehead atoms. The zero-order valence-electron chi connectivity index (χ0n) is 28.8. The van der Waals surface area contributed by atoms with E-state index >= 15 is 0 Å². The average molecular weight is 672 g/mol. The topological polar surface area (TPSA) is 72.8 Å². The molecule has 2 aromatic rings. The van der Waals surface area contributed by atoms with Crippen molar-refractivity contribution in [3.05, 3.63) is 65.2 Å². The van der Waals surface area contributed by atoms with E-state index in [-0.39, 0.29) is 10.8 Å². The molecule has 44 heavy (non-hydrogen) atoms. The lowest BCUT2D eigenvalue weighted by molar-refractivity contribution is -0.177. The highest BCUT2D eigenvalue weighted by molar-refractivity contribution is 9.09. The second-order valence-electron chi connectivity index (χ2n) is 15.0. The Bertz CT molecular complexity index is 1270. The minimum Gasteiger partial charge on any atom is -0.488 e. The van der Waals surface area contributed by atoms with Crippen LogP contribution in [0.5, 0.6) is 5.75 Å². The first-order valence-electron chi connectivity index (χ1n) is 15.8. The zero-order chi connectivity index (χ0) is 33.6. The quantitative estimate of drug-likeness (QED) is 0.109. The molecule has 0 aliphatic carbocycles. The van der Waals surface area contributed by atoms with Gasteiger partial charge in [0.1, 0.15) is 17.0 Å². The summed E-state index contributed by atoms with van der Waals surface area (Å²) in [6.45, 7) is 21.0. The smallest absolute Gasteiger partial charge is 0.313 e. The molecule has 1 N–H and O–H groups in total. The molecule has 244 valence electrons. The molecule has 0 radical (unpaired) electrons. The Morgan fingerprint density at radius 1 is 0.818 bits per heavy atom. The molecule has 0 fully saturated rings. The van der Waals surface area contributed by atoms with E-state index in [0.717, 1.165) is 17.7 Å². The standard InChI is InChI=1S/C38H55BrO5/c1-12-13-14-28-15-17-29(18-16-28)19-20-30-21-23-31(24-22-30)43-35(5,6)26-36(7,8)44-33(42)38(11,27(2)39)25-34(3,4)37(9,10)32(40)41/h15-24,27H,12-14,25-26H2,1-11H3,(H,40,41)/b20-19+. The summed E-state index contributed by atoms with van der Waals surface area (Å²) >= 11 is 3.63. The van der Waals surface area contributed by atoms with Crippen LogP contribution >= 0.6 is 15.9 Å². The van der Waals surface area contributed by atoms with E-state index in [1.165, 1.54) is 24.0 Å². The van der Waals surface area contributed by atoms with E-state index < -0.39 is 33.4 Å². The number of alkyl halides is 1. The third-order valence-electron chi connectivity index (χ3n) is 9.14. The molecule has 5 nitrogen and oxygen atoms in total. The van der Waals surface area contributed by atoms with Gasteiger partial charge < -0.3 is 14.6 Å². The number of ether oxygens (including phenoxy) is 2. The lowest BCUT2D eigenvalue weighted by atomic mass is 9.60. The number of halogens is 1. The van der Waals surface area contributed by atoms with Gasteiger partial charge in [-0.05, 0) is 102 Å². The minimum atomic E-state index is -1.04. The number of esters is 1. The van der Waals surface area contributed by atoms with Crippen LogP contribution in [0.1, 0.15) is 119 Å². The minimum absolute atomic E-state index is 0.232. The Morgan fingerprint density at radius 2 is 1.32 bits per heavy atom. The molecule has 0 saturated carbocycles. The third-order valence-corrected chi connectivity index (χ3v) is 10.2. The number of carbonyl (C=O) groups is 2. The molecule has 6 heteroatoms. The lowest BCUT2D eigenvalue weighted by Gasteiger charge is -2.45. The highest BCUT2D eigenvalue weighted by Crippen LogP contribution is 2.50. The van der Waals surface area contributed by atoms with Gasteiger partial charge in [0.05, 0.1) is 10.8 Å². The van der Waals surface area contributed by atoms with Crippen LogP contribution in [0.2, 0.25) is 0 Å². The molecule has 0 spiro atoms. The molecular weight excluding hydrogens is 616 g/mol. The van der Waals surface area contributed by atoms with E-state index in [4.69, 9.17) is 9.47 Å². The fourth-order valence-corrected chi connectivity index (χ4v) is 5.95. The number of carboxylic acids is 1. The first-order chi connectivity index (χ1) is 20.1. The SMILES string of the molecule is CCCCc1ccc(/C=C/c2ccc(OC(C)(C)CC(C)(C)OC(=O)C(C)(CC(C)(C)C(C)(C)C(=O)O)C(C)Br)cc2)cc1. The first-order valence-corrected chi connectivity index (χ1v) is 16.7. The summed E-state index contributed by atoms with van der Waals surface area (Å²) in [5.74, 6) is -0.508. The van der Waals surface area contributed by atoms with Crippen LogP contribution in [0.25, 0.3) is 12.2 Å². The lowest BCUT2D eigenvalue weighted by Crippen LogP contribution is -2.50. The van der Waals surface area contributed by atoms with Crippen molar-refractivity contribution in [2.45, 2.75) is 124 Å². The Hall–Kier alpha value is -2.60. The number of aryl methyl sites for hydroxylation is 1. The van der Waals surface area contributed by atoms with Gasteiger partial charge in [0.15, 0.2) is 0 Å². The van der Waals surface area contributed by atoms with Crippen molar-refractivity contribution >= 4 is 40.0 Å². The molecular formula is C38H55BrO5. The number of aliphatic carboxylic acids is 1. The van der Waals surface area contributed by atoms with Crippen molar-refractivity contribution in [2.75, 3.05) is 0 Å². The molecule has 0 aliphatic heterocycles. The summed E-state index contributed by atoms with van der Waals surface area (Å²) in [6, 6.07) is 16.7. The summed E-state index contributed by atoms with van der Waals surface area (Å²) in [5.41, 5.74) is -0.485. The van der Waals surface area contributed by atoms with Crippen LogP contribution < -0.4 is 4.74 Å². The maximum absolute atomic E-state index is 13.8. The van der Waals surface area contributed by atoms with Crippen LogP contribution in [0.4, 0.5) is 0 Å². The monoisotopic (exact) mass is 670 g/mol. The van der Waals surface area contributed by atoms with Gasteiger partial charge in [0, 0.05) is 11.2 Å². The van der Waals surface area contributed by atoms with Crippen molar-refractivity contribution in [1.82, 2.24) is 0 Å². The van der Waals surface area contributed by atoms with Crippen LogP contribution in [-0.2, 0) is 20.7 Å². The molecule has 0 aromatic heterocycles. The van der Waals surface area contributed by atoms with Crippen molar-refractivity contribution in [3.63, 3.8) is 0 Å². The molecule has 2 unspecified atom stereocenters. The van der Waals surface area contributed by atoms with E-state index in [9.17, 15) is 14.7 Å². The third kappa shape index (κ3) is 10.2. The molecule has 0 heterocycles. The highest BCUT2D eigenvalue weighted by Gasteiger charge is 2.52. The zero-order valence-corrected chi connectivity index (χ0v) is 30.4. The fraction of sp³-hybridized carbons (Fsp3) is 0.579. The Balaban J connectivity index is 2.07. The first kappa shape index (κ1) is 37.6. The van der Waals surface area contributed by atoms with Gasteiger partial charge in [-0.25, -0.2) is 0 Å². The largest absolute Gasteiger partial charge is 0.488 e. The maximum atomic E-state index is 13.8. The van der Waals surface area contributed by atoms with Gasteiger partial charge in [0.25, 0.3) is 0 Å². The number of benzene rings is 2. The summed E-state index contributed by atoms with van der Waals surface area (Å²) in [4.78, 5) is 25.6. The number of carbonyl (C=O) groups excluding carboxylic acids is 1. The summed E-state index contributed by atoms with van der Waals surface area (Å²) in [5, 5.41) is 9.86. The van der Waals surface area contributed by atoms with Crippen LogP contribution in [0.15, 0.2) is 48.5 Å². The highest BCUT2D eigenvalue weighted by atomic mass is 79.9. The maximum Gasteiger partial charge on any atom is 0.313 e. The molecule has 2 rings (SSSR count). The van der Waals surface area contributed by atoms with Gasteiger partial charge in [-0.2, -0.15) is 0 Å². The summed E-state index contributed by atoms with van der Waals surface area (Å²) in [6.07, 6.45) is 8.55. The van der Waals surface area contributed by atoms with Crippen molar-refractivity contribution < 1.29 is 24.2 Å². The second kappa shape index (κ2) is 14.7. The average Bonchev–Trinajstić information content (AvgIpc) is 2.90. The van der Waals surface area contributed by atoms with Gasteiger partial charge in [-0.1, -0.05) is 98.6 Å². The predicted octanol–water partition coefficient (Wildman–Crippen LogP) is 10.4. The van der Waals surface area contributed by atoms with Crippen LogP contribution in [-0.4, -0.2) is 33.1 Å². The molecule has 0 amide bonds.